The molecule has 0 spiro atoms. The van der Waals surface area contributed by atoms with Gasteiger partial charge in [0, 0.05) is 6.42 Å². The van der Waals surface area contributed by atoms with Crippen molar-refractivity contribution < 1.29 is 4.79 Å². The van der Waals surface area contributed by atoms with Gasteiger partial charge in [-0.2, -0.15) is 0 Å². The topological polar surface area (TPSA) is 17.1 Å². The summed E-state index contributed by atoms with van der Waals surface area (Å²) >= 11 is 0. The Hall–Kier alpha value is -0.590. The zero-order valence-corrected chi connectivity index (χ0v) is 11.2. The first-order valence-corrected chi connectivity index (χ1v) is 7.41. The monoisotopic (exact) mass is 232 g/mol. The summed E-state index contributed by atoms with van der Waals surface area (Å²) < 4.78 is 0. The third kappa shape index (κ3) is 1.62. The van der Waals surface area contributed by atoms with Crippen LogP contribution in [0.2, 0.25) is 0 Å². The number of hydrogen-bond acceptors (Lipinski definition) is 1. The van der Waals surface area contributed by atoms with Gasteiger partial charge in [0.15, 0.2) is 5.78 Å². The van der Waals surface area contributed by atoms with Crippen LogP contribution in [-0.2, 0) is 4.79 Å². The van der Waals surface area contributed by atoms with Crippen LogP contribution in [-0.4, -0.2) is 5.78 Å². The zero-order valence-electron chi connectivity index (χ0n) is 11.2. The molecule has 0 bridgehead atoms. The Balaban J connectivity index is 1.99. The number of Topliss-reactive ketones (excluding diaryl/α,β-unsaturated/α-hetero) is 1. The quantitative estimate of drug-likeness (QED) is 0.659. The van der Waals surface area contributed by atoms with Crippen LogP contribution in [0, 0.1) is 17.3 Å². The molecule has 2 fully saturated rings. The first-order valence-electron chi connectivity index (χ1n) is 7.41. The number of hydrogen-bond donors (Lipinski definition) is 0. The largest absolute Gasteiger partial charge is 0.295 e. The third-order valence-corrected chi connectivity index (χ3v) is 5.82. The van der Waals surface area contributed by atoms with E-state index in [0.717, 1.165) is 31.1 Å². The molecule has 1 heteroatoms. The zero-order chi connectivity index (χ0) is 12.0. The average molecular weight is 232 g/mol. The van der Waals surface area contributed by atoms with E-state index in [0.29, 0.717) is 11.2 Å². The molecule has 0 aromatic carbocycles. The summed E-state index contributed by atoms with van der Waals surface area (Å²) in [6.07, 6.45) is 9.75. The minimum absolute atomic E-state index is 0.459. The van der Waals surface area contributed by atoms with Gasteiger partial charge in [0.05, 0.1) is 0 Å². The SMILES string of the molecule is CCC1=C2CC[C@@]3(C)CCCC3C2CCC1=O. The van der Waals surface area contributed by atoms with E-state index in [1.807, 2.05) is 0 Å². The molecule has 0 aliphatic heterocycles. The van der Waals surface area contributed by atoms with Crippen LogP contribution in [0.5, 0.6) is 0 Å². The van der Waals surface area contributed by atoms with Crippen LogP contribution in [0.1, 0.15) is 65.2 Å². The summed E-state index contributed by atoms with van der Waals surface area (Å²) in [6, 6.07) is 0. The second-order valence-corrected chi connectivity index (χ2v) is 6.58. The molecule has 3 atom stereocenters. The predicted molar refractivity (Wildman–Crippen MR) is 69.7 cm³/mol. The fourth-order valence-electron chi connectivity index (χ4n) is 4.90. The van der Waals surface area contributed by atoms with Gasteiger partial charge in [-0.15, -0.1) is 0 Å². The molecule has 0 heterocycles. The van der Waals surface area contributed by atoms with Crippen LogP contribution >= 0.6 is 0 Å². The lowest BCUT2D eigenvalue weighted by molar-refractivity contribution is -0.117. The van der Waals surface area contributed by atoms with Crippen molar-refractivity contribution >= 4 is 5.78 Å². The Morgan fingerprint density at radius 1 is 1.24 bits per heavy atom. The Morgan fingerprint density at radius 2 is 2.06 bits per heavy atom. The number of rotatable bonds is 1. The molecule has 0 radical (unpaired) electrons. The fraction of sp³-hybridized carbons (Fsp3) is 0.812. The minimum Gasteiger partial charge on any atom is -0.295 e. The Bertz CT molecular complexity index is 379. The van der Waals surface area contributed by atoms with Gasteiger partial charge in [0.1, 0.15) is 0 Å². The lowest BCUT2D eigenvalue weighted by Gasteiger charge is -2.46. The summed E-state index contributed by atoms with van der Waals surface area (Å²) in [5.74, 6) is 2.12. The highest BCUT2D eigenvalue weighted by molar-refractivity contribution is 5.97. The summed E-state index contributed by atoms with van der Waals surface area (Å²) in [4.78, 5) is 12.0. The van der Waals surface area contributed by atoms with Crippen LogP contribution in [0.25, 0.3) is 0 Å². The molecule has 0 amide bonds. The summed E-state index contributed by atoms with van der Waals surface area (Å²) in [6.45, 7) is 4.66. The normalized spacial score (nSPS) is 41.4. The van der Waals surface area contributed by atoms with Gasteiger partial charge in [-0.25, -0.2) is 0 Å². The number of ketones is 1. The number of allylic oxidation sites excluding steroid dienone is 2. The van der Waals surface area contributed by atoms with Crippen LogP contribution in [0.3, 0.4) is 0 Å². The van der Waals surface area contributed by atoms with E-state index < -0.39 is 0 Å². The standard InChI is InChI=1S/C16H24O/c1-3-11-12-8-10-16(2)9-4-5-14(16)13(12)6-7-15(11)17/h13-14H,3-10H2,1-2H3/t13?,14?,16-/m1/s1. The van der Waals surface area contributed by atoms with E-state index >= 15 is 0 Å². The maximum atomic E-state index is 12.0. The van der Waals surface area contributed by atoms with Crippen LogP contribution in [0.4, 0.5) is 0 Å². The first kappa shape index (κ1) is 11.5. The summed E-state index contributed by atoms with van der Waals surface area (Å²) in [7, 11) is 0. The van der Waals surface area contributed by atoms with E-state index in [-0.39, 0.29) is 0 Å². The fourth-order valence-corrected chi connectivity index (χ4v) is 4.90. The molecule has 2 saturated carbocycles. The first-order chi connectivity index (χ1) is 8.15. The highest BCUT2D eigenvalue weighted by Gasteiger charge is 2.48. The van der Waals surface area contributed by atoms with Gasteiger partial charge in [-0.1, -0.05) is 25.8 Å². The molecule has 3 aliphatic carbocycles. The van der Waals surface area contributed by atoms with E-state index in [9.17, 15) is 4.79 Å². The second-order valence-electron chi connectivity index (χ2n) is 6.58. The lowest BCUT2D eigenvalue weighted by atomic mass is 9.59. The van der Waals surface area contributed by atoms with E-state index in [1.54, 1.807) is 5.57 Å². The summed E-state index contributed by atoms with van der Waals surface area (Å²) in [5.41, 5.74) is 3.40. The molecule has 17 heavy (non-hydrogen) atoms. The van der Waals surface area contributed by atoms with Crippen LogP contribution in [0.15, 0.2) is 11.1 Å². The maximum Gasteiger partial charge on any atom is 0.158 e. The molecule has 2 unspecified atom stereocenters. The summed E-state index contributed by atoms with van der Waals surface area (Å²) in [5, 5.41) is 0. The molecule has 1 nitrogen and oxygen atoms in total. The van der Waals surface area contributed by atoms with Crippen molar-refractivity contribution in [3.63, 3.8) is 0 Å². The van der Waals surface area contributed by atoms with Crippen molar-refractivity contribution in [1.82, 2.24) is 0 Å². The second kappa shape index (κ2) is 3.96. The van der Waals surface area contributed by atoms with E-state index in [4.69, 9.17) is 0 Å². The Kier molecular flexibility index (Phi) is 2.68. The smallest absolute Gasteiger partial charge is 0.158 e. The number of carbonyl (C=O) groups is 1. The van der Waals surface area contributed by atoms with Gasteiger partial charge in [0.25, 0.3) is 0 Å². The van der Waals surface area contributed by atoms with E-state index in [2.05, 4.69) is 13.8 Å². The van der Waals surface area contributed by atoms with Crippen molar-refractivity contribution in [2.45, 2.75) is 65.2 Å². The molecule has 0 N–H and O–H groups in total. The van der Waals surface area contributed by atoms with Gasteiger partial charge >= 0.3 is 0 Å². The van der Waals surface area contributed by atoms with E-state index in [1.165, 1.54) is 37.7 Å². The minimum atomic E-state index is 0.459. The third-order valence-electron chi connectivity index (χ3n) is 5.82. The van der Waals surface area contributed by atoms with Gasteiger partial charge in [0.2, 0.25) is 0 Å². The molecular weight excluding hydrogens is 208 g/mol. The van der Waals surface area contributed by atoms with Gasteiger partial charge < -0.3 is 0 Å². The van der Waals surface area contributed by atoms with Crippen molar-refractivity contribution in [3.8, 4) is 0 Å². The molecule has 0 aromatic heterocycles. The average Bonchev–Trinajstić information content (AvgIpc) is 2.71. The number of carbonyl (C=O) groups excluding carboxylic acids is 1. The van der Waals surface area contributed by atoms with Crippen LogP contribution < -0.4 is 0 Å². The molecular formula is C16H24O. The maximum absolute atomic E-state index is 12.0. The van der Waals surface area contributed by atoms with Crippen molar-refractivity contribution in [2.24, 2.45) is 17.3 Å². The molecule has 3 rings (SSSR count). The highest BCUT2D eigenvalue weighted by atomic mass is 16.1. The van der Waals surface area contributed by atoms with Crippen molar-refractivity contribution in [1.29, 1.82) is 0 Å². The predicted octanol–water partition coefficient (Wildman–Crippen LogP) is 4.27. The Morgan fingerprint density at radius 3 is 2.82 bits per heavy atom. The highest BCUT2D eigenvalue weighted by Crippen LogP contribution is 2.58. The lowest BCUT2D eigenvalue weighted by Crippen LogP contribution is -2.37. The van der Waals surface area contributed by atoms with Crippen molar-refractivity contribution in [2.75, 3.05) is 0 Å². The molecule has 0 aromatic rings. The Labute approximate surface area is 105 Å². The van der Waals surface area contributed by atoms with Crippen molar-refractivity contribution in [3.05, 3.63) is 11.1 Å². The van der Waals surface area contributed by atoms with Gasteiger partial charge in [-0.05, 0) is 61.3 Å². The number of fused-ring (bicyclic) bond motifs is 3. The molecule has 0 saturated heterocycles. The molecule has 94 valence electrons. The van der Waals surface area contributed by atoms with Gasteiger partial charge in [-0.3, -0.25) is 4.79 Å². The molecule has 3 aliphatic rings.